The van der Waals surface area contributed by atoms with E-state index < -0.39 is 23.4 Å². The Hall–Kier alpha value is -9.88. The van der Waals surface area contributed by atoms with Crippen LogP contribution in [-0.4, -0.2) is 79.5 Å². The number of quaternary nitrogens is 2. The van der Waals surface area contributed by atoms with Gasteiger partial charge in [-0.15, -0.1) is 12.4 Å². The summed E-state index contributed by atoms with van der Waals surface area (Å²) in [5, 5.41) is 90.4. The minimum Gasteiger partial charge on any atom is -0.595 e. The van der Waals surface area contributed by atoms with Gasteiger partial charge in [-0.3, -0.25) is 14.8 Å². The lowest BCUT2D eigenvalue weighted by Gasteiger charge is -2.16. The lowest BCUT2D eigenvalue weighted by atomic mass is 9.80. The molecule has 0 saturated heterocycles. The first-order chi connectivity index (χ1) is 48.3. The van der Waals surface area contributed by atoms with Crippen LogP contribution in [0.15, 0.2) is 208 Å². The number of hydrogen-bond acceptors (Lipinski definition) is 18. The molecule has 0 aromatic heterocycles. The summed E-state index contributed by atoms with van der Waals surface area (Å²) in [5.41, 5.74) is 13.6. The lowest BCUT2D eigenvalue weighted by Crippen LogP contribution is -2.99. The molecule has 2 atom stereocenters. The fraction of sp³-hybridized carbons (Fsp3) is 0.133. The Morgan fingerprint density at radius 2 is 0.865 bits per heavy atom. The van der Waals surface area contributed by atoms with Gasteiger partial charge in [-0.25, -0.2) is 32.9 Å². The van der Waals surface area contributed by atoms with Crippen LogP contribution in [0, 0.1) is 67.7 Å². The smallest absolute Gasteiger partial charge is 0.488 e. The van der Waals surface area contributed by atoms with Gasteiger partial charge < -0.3 is 45.1 Å². The molecule has 0 fully saturated rings. The van der Waals surface area contributed by atoms with Crippen molar-refractivity contribution in [2.45, 2.75) is 34.6 Å². The first kappa shape index (κ1) is 90.2. The molecule has 0 bridgehead atoms. The standard InChI is InChI=1S/C21H17FN2O3.C15H9BrFNO2.C15H11BrFNO.C14H11BrFNO2.C6H8BNO4.C2H6O2.2CH4.ClH/c1-27-20-10-7-15(11-14-5-8-17(22)9-6-14)19(13-23)21(20)16-3-2-4-18(12-16)24(25)26;1-20-13-7-6-11(12(8-18)14(13)16)15(19)9-2-4-10(17)5-3-9;1-19-14-7-4-11(13(9-18)15(14)16)8-10-2-5-12(17)6-3-10;1-19-11-7-6-10(13(17)12(11)15)14(18)8-2-4-9(16)5-3-8;9-7(10)5-2-1-3-6(4-5)8(11)12;1-2-4-3;;;/h2-10,12,24-25H,11H2,1H3;2-7H,1H3;2-7H,8H2,1H3;2-7H,17H2,1H3;1-4,8-11H;3H,2H2,1H3;2*1H4;1H. The van der Waals surface area contributed by atoms with Crippen molar-refractivity contribution in [2.75, 3.05) is 40.8 Å². The maximum absolute atomic E-state index is 13.1. The molecule has 0 aliphatic carbocycles. The van der Waals surface area contributed by atoms with E-state index >= 15 is 0 Å². The molecule has 0 radical (unpaired) electrons. The number of methoxy groups -OCH3 is 4. The maximum Gasteiger partial charge on any atom is 0.488 e. The van der Waals surface area contributed by atoms with Crippen molar-refractivity contribution in [3.8, 4) is 52.3 Å². The number of hydrogen-bond donors (Lipinski definition) is 8. The Morgan fingerprint density at radius 1 is 0.510 bits per heavy atom. The Morgan fingerprint density at radius 3 is 1.27 bits per heavy atom. The van der Waals surface area contributed by atoms with Gasteiger partial charge in [0, 0.05) is 52.1 Å². The van der Waals surface area contributed by atoms with E-state index in [1.807, 2.05) is 18.2 Å². The third-order valence-corrected chi connectivity index (χ3v) is 16.6. The molecular weight excluding hydrogens is 1570 g/mol. The highest BCUT2D eigenvalue weighted by Crippen LogP contribution is 2.38. The highest BCUT2D eigenvalue weighted by atomic mass is 79.9. The van der Waals surface area contributed by atoms with Gasteiger partial charge in [-0.05, 0) is 210 Å². The minimum absolute atomic E-state index is 0. The van der Waals surface area contributed by atoms with Crippen LogP contribution in [0.3, 0.4) is 0 Å². The molecule has 0 saturated carbocycles. The fourth-order valence-electron chi connectivity index (χ4n) is 9.12. The van der Waals surface area contributed by atoms with Crippen LogP contribution < -0.4 is 40.6 Å². The number of halogens is 8. The van der Waals surface area contributed by atoms with E-state index in [4.69, 9.17) is 45.2 Å². The van der Waals surface area contributed by atoms with Gasteiger partial charge in [0.15, 0.2) is 22.9 Å². The number of nitrogens with one attached hydrogen (secondary N) is 2. The van der Waals surface area contributed by atoms with Crippen molar-refractivity contribution in [1.82, 2.24) is 0 Å². The number of ketones is 2. The molecule has 0 aliphatic rings. The third-order valence-electron chi connectivity index (χ3n) is 14.2. The second kappa shape index (κ2) is 45.3. The van der Waals surface area contributed by atoms with Gasteiger partial charge in [-0.2, -0.15) is 26.2 Å². The van der Waals surface area contributed by atoms with Crippen LogP contribution in [0.2, 0.25) is 0 Å². The molecule has 10 aromatic rings. The number of nitrogens with two attached hydrogens (primary N) is 1. The van der Waals surface area contributed by atoms with Gasteiger partial charge in [0.1, 0.15) is 64.5 Å². The summed E-state index contributed by atoms with van der Waals surface area (Å²) in [6.07, 6.45) is 1.02. The number of nitrogen functional groups attached to an aromatic ring is 1. The Bertz CT molecular complexity index is 4550. The zero-order chi connectivity index (χ0) is 74.5. The summed E-state index contributed by atoms with van der Waals surface area (Å²) in [7, 11) is 4.43. The third kappa shape index (κ3) is 25.5. The van der Waals surface area contributed by atoms with Crippen LogP contribution in [0.4, 0.5) is 34.6 Å². The molecule has 9 N–H and O–H groups in total. The Balaban J connectivity index is 0.000000440. The Labute approximate surface area is 630 Å². The lowest BCUT2D eigenvalue weighted by molar-refractivity contribution is -0.991. The van der Waals surface area contributed by atoms with E-state index in [2.05, 4.69) is 64.8 Å². The minimum atomic E-state index is -1.62. The summed E-state index contributed by atoms with van der Waals surface area (Å²) < 4.78 is 74.1. The average molecular weight is 1640 g/mol. The summed E-state index contributed by atoms with van der Waals surface area (Å²) in [4.78, 5) is 28.2. The molecule has 10 rings (SSSR count). The van der Waals surface area contributed by atoms with E-state index in [9.17, 15) is 58.6 Å². The zero-order valence-electron chi connectivity index (χ0n) is 54.6. The van der Waals surface area contributed by atoms with E-state index in [1.54, 1.807) is 80.8 Å². The molecule has 0 amide bonds. The monoisotopic (exact) mass is 1640 g/mol. The molecule has 544 valence electrons. The van der Waals surface area contributed by atoms with Gasteiger partial charge in [-0.1, -0.05) is 75.5 Å². The zero-order valence-corrected chi connectivity index (χ0v) is 60.1. The summed E-state index contributed by atoms with van der Waals surface area (Å²) in [5.74, 6) is 0.131. The first-order valence-corrected chi connectivity index (χ1v) is 31.8. The fourth-order valence-corrected chi connectivity index (χ4v) is 10.9. The van der Waals surface area contributed by atoms with Gasteiger partial charge in [0.2, 0.25) is 0 Å². The summed E-state index contributed by atoms with van der Waals surface area (Å²) in [6, 6.07) is 54.7. The second-order valence-corrected chi connectivity index (χ2v) is 22.9. The van der Waals surface area contributed by atoms with Crippen LogP contribution in [0.1, 0.15) is 92.6 Å². The normalized spacial score (nSPS) is 10.4. The van der Waals surface area contributed by atoms with Gasteiger partial charge in [0.05, 0.1) is 70.8 Å². The number of carbonyl (C=O) groups excluding carboxylic acids is 2. The van der Waals surface area contributed by atoms with Crippen molar-refractivity contribution < 1.29 is 87.2 Å². The molecule has 0 spiro atoms. The number of rotatable bonds is 17. The van der Waals surface area contributed by atoms with Crippen LogP contribution >= 0.6 is 60.2 Å². The SMILES string of the molecule is C.C.CCOO.COc1ccc(C(=O)c2ccc(F)cc2)c(C#N)c1Br.COc1ccc(C(=O)c2ccc(F)cc2)c(N)c1Br.COc1ccc(Cc2ccc(F)cc2)c(C#N)c1-c1cccc([NH+]([O-])O)c1.COc1ccc(Cc2ccc(F)cc2)c(C#N)c1Br.Cl.[O-][NH+](O)c1cccc(B(O)O)c1. The van der Waals surface area contributed by atoms with Crippen LogP contribution in [0.5, 0.6) is 23.0 Å². The number of nitriles is 3. The number of ether oxygens (including phenoxy) is 4. The predicted molar refractivity (Wildman–Crippen MR) is 400 cm³/mol. The summed E-state index contributed by atoms with van der Waals surface area (Å²) in [6.45, 7) is 2.08. The molecule has 104 heavy (non-hydrogen) atoms. The molecular formula is C75H71BBr3ClF4N6O14. The van der Waals surface area contributed by atoms with Gasteiger partial charge in [0.25, 0.3) is 0 Å². The molecule has 2 unspecified atom stereocenters. The van der Waals surface area contributed by atoms with Gasteiger partial charge >= 0.3 is 7.12 Å². The summed E-state index contributed by atoms with van der Waals surface area (Å²) >= 11 is 9.90. The number of nitrogens with zero attached hydrogens (tertiary/aromatic N) is 3. The molecule has 29 heteroatoms. The molecule has 0 aliphatic heterocycles. The Kier molecular flexibility index (Phi) is 39.3. The van der Waals surface area contributed by atoms with Crippen LogP contribution in [-0.2, 0) is 17.7 Å². The quantitative estimate of drug-likeness (QED) is 0.0105. The topological polar surface area (TPSA) is 334 Å². The predicted octanol–water partition coefficient (Wildman–Crippen LogP) is 14.5. The molecule has 0 heterocycles. The van der Waals surface area contributed by atoms with Crippen LogP contribution in [0.25, 0.3) is 11.1 Å². The first-order valence-electron chi connectivity index (χ1n) is 29.5. The van der Waals surface area contributed by atoms with Crippen molar-refractivity contribution in [3.63, 3.8) is 0 Å². The number of benzene rings is 10. The van der Waals surface area contributed by atoms with E-state index in [0.717, 1.165) is 22.3 Å². The maximum atomic E-state index is 13.1. The molecule has 20 nitrogen and oxygen atoms in total. The van der Waals surface area contributed by atoms with Crippen molar-refractivity contribution in [3.05, 3.63) is 302 Å². The number of anilines is 1. The largest absolute Gasteiger partial charge is 0.595 e. The highest BCUT2D eigenvalue weighted by molar-refractivity contribution is 9.11. The van der Waals surface area contributed by atoms with E-state index in [-0.39, 0.29) is 84.2 Å². The van der Waals surface area contributed by atoms with Crippen molar-refractivity contribution >= 4 is 101 Å². The average Bonchev–Trinajstić information content (AvgIpc) is 0.798. The van der Waals surface area contributed by atoms with Crippen molar-refractivity contribution in [2.24, 2.45) is 0 Å². The number of carbonyl (C=O) groups is 2. The second-order valence-electron chi connectivity index (χ2n) is 20.6. The highest BCUT2D eigenvalue weighted by Gasteiger charge is 2.22. The van der Waals surface area contributed by atoms with E-state index in [1.165, 1.54) is 137 Å². The van der Waals surface area contributed by atoms with Crippen molar-refractivity contribution in [1.29, 1.82) is 15.8 Å². The molecule has 10 aromatic carbocycles. The van der Waals surface area contributed by atoms with E-state index in [0.29, 0.717) is 100 Å².